The first-order valence-electron chi connectivity index (χ1n) is 9.89. The Morgan fingerprint density at radius 2 is 1.54 bits per heavy atom. The molecule has 0 radical (unpaired) electrons. The standard InChI is InChI=1S/C22H15Cl6NO5S/c1-8-10(9-6-4-3-5-7-9)11(19(33)34-2)17(35-8)29-16(30)12-13(18(31)32)21(26)15(24)14(23)20(12,25)22(21,27)28/h3-7,12-13H,1-2H3,(H,29,30)(H,31,32)/t12-,13-,20+,21+/m0/s1. The molecule has 2 aromatic rings. The smallest absolute Gasteiger partial charge is 0.341 e. The Kier molecular flexibility index (Phi) is 6.89. The maximum absolute atomic E-state index is 13.6. The van der Waals surface area contributed by atoms with Crippen molar-refractivity contribution in [2.75, 3.05) is 12.4 Å². The number of esters is 1. The van der Waals surface area contributed by atoms with Gasteiger partial charge in [0.1, 0.15) is 20.3 Å². The molecule has 13 heteroatoms. The lowest BCUT2D eigenvalue weighted by atomic mass is 9.81. The van der Waals surface area contributed by atoms with Crippen LogP contribution in [0.5, 0.6) is 0 Å². The van der Waals surface area contributed by atoms with Gasteiger partial charge in [0.15, 0.2) is 4.33 Å². The first kappa shape index (κ1) is 26.9. The number of thiophene rings is 1. The number of aliphatic carboxylic acids is 1. The molecule has 1 aromatic heterocycles. The molecule has 1 saturated carbocycles. The molecule has 2 bridgehead atoms. The van der Waals surface area contributed by atoms with E-state index in [1.165, 1.54) is 7.11 Å². The van der Waals surface area contributed by atoms with E-state index >= 15 is 0 Å². The minimum Gasteiger partial charge on any atom is -0.481 e. The molecule has 35 heavy (non-hydrogen) atoms. The molecule has 1 aromatic carbocycles. The number of aryl methyl sites for hydroxylation is 1. The zero-order valence-corrected chi connectivity index (χ0v) is 23.1. The number of carboxylic acid groups (broad SMARTS) is 1. The van der Waals surface area contributed by atoms with Crippen LogP contribution in [-0.4, -0.2) is 44.1 Å². The first-order chi connectivity index (χ1) is 16.3. The highest BCUT2D eigenvalue weighted by atomic mass is 35.5. The monoisotopic (exact) mass is 615 g/mol. The Bertz CT molecular complexity index is 1290. The molecular weight excluding hydrogens is 603 g/mol. The van der Waals surface area contributed by atoms with Gasteiger partial charge in [0.25, 0.3) is 0 Å². The highest BCUT2D eigenvalue weighted by Gasteiger charge is 2.85. The number of hydrogen-bond acceptors (Lipinski definition) is 5. The molecule has 0 unspecified atom stereocenters. The summed E-state index contributed by atoms with van der Waals surface area (Å²) < 4.78 is 2.71. The number of alkyl halides is 4. The van der Waals surface area contributed by atoms with Crippen LogP contribution in [0, 0.1) is 18.8 Å². The van der Waals surface area contributed by atoms with Crippen molar-refractivity contribution in [1.29, 1.82) is 0 Å². The maximum Gasteiger partial charge on any atom is 0.341 e. The first-order valence-corrected chi connectivity index (χ1v) is 13.0. The van der Waals surface area contributed by atoms with Crippen molar-refractivity contribution in [2.24, 2.45) is 11.8 Å². The minimum atomic E-state index is -2.24. The largest absolute Gasteiger partial charge is 0.481 e. The third-order valence-electron chi connectivity index (χ3n) is 6.26. The van der Waals surface area contributed by atoms with Crippen molar-refractivity contribution >= 4 is 104 Å². The van der Waals surface area contributed by atoms with E-state index in [0.29, 0.717) is 10.4 Å². The lowest BCUT2D eigenvalue weighted by molar-refractivity contribution is -0.146. The summed E-state index contributed by atoms with van der Waals surface area (Å²) in [5.41, 5.74) is 1.37. The van der Waals surface area contributed by atoms with Gasteiger partial charge in [-0.2, -0.15) is 0 Å². The fourth-order valence-corrected chi connectivity index (χ4v) is 8.70. The number of rotatable bonds is 5. The number of carbonyl (C=O) groups is 3. The Balaban J connectivity index is 1.84. The van der Waals surface area contributed by atoms with Gasteiger partial charge in [-0.15, -0.1) is 34.5 Å². The SMILES string of the molecule is COC(=O)c1c(NC(=O)[C@@H]2[C@@H](C(=O)O)[C@@]3(Cl)C(Cl)=C(Cl)[C@@]2(Cl)C3(Cl)Cl)sc(C)c1-c1ccccc1. The number of anilines is 1. The highest BCUT2D eigenvalue weighted by molar-refractivity contribution is 7.17. The number of allylic oxidation sites excluding steroid dienone is 2. The summed E-state index contributed by atoms with van der Waals surface area (Å²) in [5.74, 6) is -6.49. The van der Waals surface area contributed by atoms with Crippen molar-refractivity contribution in [3.63, 3.8) is 0 Å². The van der Waals surface area contributed by atoms with Crippen LogP contribution in [-0.2, 0) is 14.3 Å². The average Bonchev–Trinajstić information content (AvgIpc) is 3.24. The van der Waals surface area contributed by atoms with E-state index in [0.717, 1.165) is 16.9 Å². The molecule has 4 atom stereocenters. The summed E-state index contributed by atoms with van der Waals surface area (Å²) >= 11 is 39.9. The van der Waals surface area contributed by atoms with Crippen molar-refractivity contribution in [3.8, 4) is 11.1 Å². The predicted molar refractivity (Wildman–Crippen MR) is 139 cm³/mol. The van der Waals surface area contributed by atoms with Crippen molar-refractivity contribution < 1.29 is 24.2 Å². The van der Waals surface area contributed by atoms with Crippen LogP contribution in [0.3, 0.4) is 0 Å². The number of amides is 1. The van der Waals surface area contributed by atoms with E-state index in [2.05, 4.69) is 5.32 Å². The van der Waals surface area contributed by atoms with Gasteiger partial charge >= 0.3 is 11.9 Å². The second-order valence-electron chi connectivity index (χ2n) is 8.00. The molecule has 2 N–H and O–H groups in total. The quantitative estimate of drug-likeness (QED) is 0.291. The zero-order valence-electron chi connectivity index (χ0n) is 17.8. The summed E-state index contributed by atoms with van der Waals surface area (Å²) in [6.45, 7) is 1.77. The van der Waals surface area contributed by atoms with Crippen molar-refractivity contribution in [2.45, 2.75) is 21.0 Å². The molecule has 2 aliphatic carbocycles. The molecule has 1 heterocycles. The van der Waals surface area contributed by atoms with Gasteiger partial charge in [-0.25, -0.2) is 4.79 Å². The maximum atomic E-state index is 13.6. The predicted octanol–water partition coefficient (Wildman–Crippen LogP) is 6.61. The second-order valence-corrected chi connectivity index (χ2v) is 12.5. The van der Waals surface area contributed by atoms with Gasteiger partial charge in [0.2, 0.25) is 5.91 Å². The normalized spacial score (nSPS) is 28.8. The number of ether oxygens (including phenoxy) is 1. The molecule has 1 fully saturated rings. The van der Waals surface area contributed by atoms with E-state index in [1.54, 1.807) is 31.2 Å². The van der Waals surface area contributed by atoms with Crippen molar-refractivity contribution in [3.05, 3.63) is 50.8 Å². The van der Waals surface area contributed by atoms with E-state index in [1.807, 2.05) is 6.07 Å². The van der Waals surface area contributed by atoms with Crippen LogP contribution >= 0.6 is 80.9 Å². The van der Waals surface area contributed by atoms with Crippen LogP contribution < -0.4 is 5.32 Å². The minimum absolute atomic E-state index is 0.0940. The summed E-state index contributed by atoms with van der Waals surface area (Å²) in [4.78, 5) is 35.0. The van der Waals surface area contributed by atoms with Gasteiger partial charge in [0, 0.05) is 10.4 Å². The van der Waals surface area contributed by atoms with E-state index in [-0.39, 0.29) is 20.6 Å². The number of benzene rings is 1. The molecule has 6 nitrogen and oxygen atoms in total. The van der Waals surface area contributed by atoms with Crippen LogP contribution in [0.1, 0.15) is 15.2 Å². The molecule has 186 valence electrons. The number of nitrogens with one attached hydrogen (secondary N) is 1. The van der Waals surface area contributed by atoms with Gasteiger partial charge in [-0.05, 0) is 12.5 Å². The van der Waals surface area contributed by atoms with Gasteiger partial charge in [0.05, 0.1) is 29.0 Å². The molecule has 0 saturated heterocycles. The number of carboxylic acids is 1. The Morgan fingerprint density at radius 3 is 2.06 bits per heavy atom. The van der Waals surface area contributed by atoms with E-state index in [4.69, 9.17) is 74.3 Å². The van der Waals surface area contributed by atoms with Gasteiger partial charge < -0.3 is 15.2 Å². The lowest BCUT2D eigenvalue weighted by Crippen LogP contribution is -2.47. The summed E-state index contributed by atoms with van der Waals surface area (Å²) in [7, 11) is 1.21. The highest BCUT2D eigenvalue weighted by Crippen LogP contribution is 2.76. The van der Waals surface area contributed by atoms with E-state index < -0.39 is 43.8 Å². The summed E-state index contributed by atoms with van der Waals surface area (Å²) in [5, 5.41) is 12.1. The molecule has 0 aliphatic heterocycles. The van der Waals surface area contributed by atoms with Crippen LogP contribution in [0.2, 0.25) is 0 Å². The average molecular weight is 618 g/mol. The number of halogens is 6. The zero-order chi connectivity index (χ0) is 26.1. The van der Waals surface area contributed by atoms with E-state index in [9.17, 15) is 19.5 Å². The fraction of sp³-hybridized carbons (Fsp3) is 0.318. The molecule has 1 amide bonds. The topological polar surface area (TPSA) is 92.7 Å². The second kappa shape index (κ2) is 8.98. The van der Waals surface area contributed by atoms with Crippen molar-refractivity contribution in [1.82, 2.24) is 0 Å². The summed E-state index contributed by atoms with van der Waals surface area (Å²) in [6.07, 6.45) is 0. The Hall–Kier alpha value is -1.19. The van der Waals surface area contributed by atoms with Crippen LogP contribution in [0.25, 0.3) is 11.1 Å². The molecule has 4 rings (SSSR count). The third-order valence-corrected chi connectivity index (χ3v) is 11.5. The number of carbonyl (C=O) groups excluding carboxylic acids is 2. The Morgan fingerprint density at radius 1 is 1.00 bits per heavy atom. The van der Waals surface area contributed by atoms with Crippen LogP contribution in [0.4, 0.5) is 5.00 Å². The Labute approximate surface area is 234 Å². The van der Waals surface area contributed by atoms with Crippen LogP contribution in [0.15, 0.2) is 40.4 Å². The number of fused-ring (bicyclic) bond motifs is 2. The fourth-order valence-electron chi connectivity index (χ4n) is 4.70. The molecule has 0 spiro atoms. The molecular formula is C22H15Cl6NO5S. The number of hydrogen-bond donors (Lipinski definition) is 2. The summed E-state index contributed by atoms with van der Waals surface area (Å²) in [6, 6.07) is 9.02. The molecule has 2 aliphatic rings. The number of methoxy groups -OCH3 is 1. The third kappa shape index (κ3) is 3.46. The lowest BCUT2D eigenvalue weighted by Gasteiger charge is -2.33. The van der Waals surface area contributed by atoms with Gasteiger partial charge in [-0.1, -0.05) is 76.7 Å². The van der Waals surface area contributed by atoms with Gasteiger partial charge in [-0.3, -0.25) is 9.59 Å².